The van der Waals surface area contributed by atoms with Crippen molar-refractivity contribution in [2.75, 3.05) is 5.32 Å². The fourth-order valence-electron chi connectivity index (χ4n) is 3.36. The zero-order valence-corrected chi connectivity index (χ0v) is 17.4. The molecule has 3 heterocycles. The third kappa shape index (κ3) is 4.03. The van der Waals surface area contributed by atoms with Crippen molar-refractivity contribution in [3.05, 3.63) is 68.4 Å². The highest BCUT2D eigenvalue weighted by Gasteiger charge is 2.21. The molecule has 0 bridgehead atoms. The van der Waals surface area contributed by atoms with Crippen LogP contribution >= 0.6 is 0 Å². The Kier molecular flexibility index (Phi) is 4.86. The number of benzene rings is 1. The third-order valence-corrected chi connectivity index (χ3v) is 5.20. The number of halogens is 1. The Morgan fingerprint density at radius 1 is 1.39 bits per heavy atom. The highest BCUT2D eigenvalue weighted by atomic mass is 19.1. The molecule has 33 heavy (non-hydrogen) atoms. The number of aromatic hydroxyl groups is 1. The number of rotatable bonds is 5. The van der Waals surface area contributed by atoms with Crippen molar-refractivity contribution in [3.63, 3.8) is 0 Å². The summed E-state index contributed by atoms with van der Waals surface area (Å²) in [7, 11) is 0. The highest BCUT2D eigenvalue weighted by molar-refractivity contribution is 5.57. The van der Waals surface area contributed by atoms with Gasteiger partial charge >= 0.3 is 5.69 Å². The largest absolute Gasteiger partial charge is 0.493 e. The van der Waals surface area contributed by atoms with Gasteiger partial charge in [0, 0.05) is 10.8 Å². The van der Waals surface area contributed by atoms with E-state index in [9.17, 15) is 14.3 Å². The summed E-state index contributed by atoms with van der Waals surface area (Å²) in [5.74, 6) is -0.608. The van der Waals surface area contributed by atoms with E-state index in [1.165, 1.54) is 22.9 Å². The second kappa shape index (κ2) is 7.86. The Labute approximate surface area is 185 Å². The molecule has 1 fully saturated rings. The molecule has 1 aliphatic carbocycles. The second-order valence-electron chi connectivity index (χ2n) is 7.74. The van der Waals surface area contributed by atoms with E-state index in [0.717, 1.165) is 12.8 Å². The molecule has 0 radical (unpaired) electrons. The van der Waals surface area contributed by atoms with Gasteiger partial charge in [0.05, 0.1) is 29.9 Å². The van der Waals surface area contributed by atoms with Crippen LogP contribution in [-0.2, 0) is 0 Å². The molecule has 0 saturated heterocycles. The van der Waals surface area contributed by atoms with Gasteiger partial charge in [-0.15, -0.1) is 0 Å². The first-order valence-corrected chi connectivity index (χ1v) is 10.2. The Morgan fingerprint density at radius 2 is 2.21 bits per heavy atom. The van der Waals surface area contributed by atoms with Gasteiger partial charge in [-0.25, -0.2) is 14.2 Å². The number of hydrogen-bond donors (Lipinski definition) is 4. The van der Waals surface area contributed by atoms with E-state index >= 15 is 0 Å². The molecule has 4 aromatic rings. The van der Waals surface area contributed by atoms with Gasteiger partial charge in [-0.05, 0) is 38.0 Å². The van der Waals surface area contributed by atoms with Crippen LogP contribution in [0.2, 0.25) is 0 Å². The Bertz CT molecular complexity index is 1590. The molecule has 0 spiro atoms. The molecule has 4 N–H and O–H groups in total. The average molecular weight is 447 g/mol. The van der Waals surface area contributed by atoms with Crippen molar-refractivity contribution in [3.8, 4) is 11.9 Å². The van der Waals surface area contributed by atoms with E-state index in [0.29, 0.717) is 22.0 Å². The average Bonchev–Trinajstić information content (AvgIpc) is 3.42. The molecule has 1 aliphatic rings. The number of aromatic nitrogens is 6. The first-order valence-electron chi connectivity index (χ1n) is 10.2. The fourth-order valence-corrected chi connectivity index (χ4v) is 3.36. The van der Waals surface area contributed by atoms with Crippen LogP contribution < -0.4 is 21.8 Å². The molecule has 166 valence electrons. The first kappa shape index (κ1) is 20.4. The maximum absolute atomic E-state index is 14.5. The van der Waals surface area contributed by atoms with E-state index < -0.39 is 17.5 Å². The summed E-state index contributed by atoms with van der Waals surface area (Å²) in [4.78, 5) is 29.8. The molecule has 0 aliphatic heterocycles. The van der Waals surface area contributed by atoms with Crippen LogP contribution in [0.1, 0.15) is 42.6 Å². The molecule has 3 aromatic heterocycles. The Balaban J connectivity index is 1.60. The topological polar surface area (TPSA) is 160 Å². The maximum Gasteiger partial charge on any atom is 0.326 e. The summed E-state index contributed by atoms with van der Waals surface area (Å²) < 4.78 is 16.0. The number of nitrogens with zero attached hydrogens (tertiary/aromatic N) is 6. The predicted molar refractivity (Wildman–Crippen MR) is 114 cm³/mol. The molecule has 1 saturated carbocycles. The van der Waals surface area contributed by atoms with Gasteiger partial charge in [0.25, 0.3) is 5.62 Å². The van der Waals surface area contributed by atoms with Gasteiger partial charge in [0.15, 0.2) is 5.65 Å². The molecule has 12 heteroatoms. The minimum atomic E-state index is -0.546. The molecule has 0 amide bonds. The number of hydrogen-bond acceptors (Lipinski definition) is 8. The lowest BCUT2D eigenvalue weighted by Gasteiger charge is -2.15. The van der Waals surface area contributed by atoms with Crippen LogP contribution in [0, 0.1) is 17.1 Å². The summed E-state index contributed by atoms with van der Waals surface area (Å²) in [5, 5.41) is 26.7. The molecule has 0 unspecified atom stereocenters. The van der Waals surface area contributed by atoms with Crippen molar-refractivity contribution < 1.29 is 9.50 Å². The number of fused-ring (bicyclic) bond motifs is 1. The smallest absolute Gasteiger partial charge is 0.326 e. The predicted octanol–water partition coefficient (Wildman–Crippen LogP) is 0.641. The molecular weight excluding hydrogens is 429 g/mol. The summed E-state index contributed by atoms with van der Waals surface area (Å²) in [5.41, 5.74) is 0.946. The lowest BCUT2D eigenvalue weighted by molar-refractivity contribution is 0.454. The van der Waals surface area contributed by atoms with Crippen LogP contribution in [0.3, 0.4) is 0 Å². The number of imidazole rings is 1. The Morgan fingerprint density at radius 3 is 2.88 bits per heavy atom. The van der Waals surface area contributed by atoms with Crippen LogP contribution in [0.15, 0.2) is 34.2 Å². The first-order chi connectivity index (χ1) is 15.9. The van der Waals surface area contributed by atoms with E-state index in [1.54, 1.807) is 19.1 Å². The fraction of sp³-hybridized carbons (Fsp3) is 0.238. The molecular formula is C21H18FN9O2. The Hall–Kier alpha value is -4.53. The number of H-pyrrole nitrogens is 2. The van der Waals surface area contributed by atoms with Crippen molar-refractivity contribution in [2.45, 2.75) is 31.8 Å². The number of nitrogens with one attached hydrogen (secondary N) is 3. The van der Waals surface area contributed by atoms with E-state index in [4.69, 9.17) is 5.26 Å². The lowest BCUT2D eigenvalue weighted by atomic mass is 10.1. The second-order valence-corrected chi connectivity index (χ2v) is 7.74. The summed E-state index contributed by atoms with van der Waals surface area (Å²) >= 11 is 0. The quantitative estimate of drug-likeness (QED) is 0.349. The highest BCUT2D eigenvalue weighted by Crippen LogP contribution is 2.23. The molecule has 1 aromatic carbocycles. The van der Waals surface area contributed by atoms with Gasteiger partial charge < -0.3 is 15.4 Å². The van der Waals surface area contributed by atoms with E-state index in [1.807, 2.05) is 6.07 Å². The number of nitriles is 1. The molecule has 5 rings (SSSR count). The van der Waals surface area contributed by atoms with Crippen LogP contribution in [0.5, 0.6) is 5.88 Å². The lowest BCUT2D eigenvalue weighted by Crippen LogP contribution is -2.25. The van der Waals surface area contributed by atoms with Gasteiger partial charge in [0.1, 0.15) is 11.5 Å². The minimum absolute atomic E-state index is 0.158. The zero-order chi connectivity index (χ0) is 23.1. The maximum atomic E-state index is 14.5. The summed E-state index contributed by atoms with van der Waals surface area (Å²) in [6.45, 7) is 1.75. The zero-order valence-electron chi connectivity index (χ0n) is 17.4. The molecule has 1 atom stereocenters. The monoisotopic (exact) mass is 447 g/mol. The van der Waals surface area contributed by atoms with Crippen molar-refractivity contribution >= 4 is 17.7 Å². The minimum Gasteiger partial charge on any atom is -0.493 e. The van der Waals surface area contributed by atoms with Crippen LogP contribution in [-0.4, -0.2) is 40.7 Å². The van der Waals surface area contributed by atoms with Gasteiger partial charge in [-0.2, -0.15) is 24.8 Å². The van der Waals surface area contributed by atoms with Crippen molar-refractivity contribution in [1.29, 1.82) is 5.26 Å². The van der Waals surface area contributed by atoms with E-state index in [-0.39, 0.29) is 29.1 Å². The van der Waals surface area contributed by atoms with Gasteiger partial charge in [-0.1, -0.05) is 6.07 Å². The van der Waals surface area contributed by atoms with E-state index in [2.05, 4.69) is 35.3 Å². The number of aromatic amines is 2. The molecule has 11 nitrogen and oxygen atoms in total. The SMILES string of the molecule is C[C@@H](Nc1nc(=NC2CC2)n2nc/c(=C/c3[nH]c(=O)[nH]c3O)c2n1)c1ccc(C#N)cc1F. The van der Waals surface area contributed by atoms with Crippen molar-refractivity contribution in [2.24, 2.45) is 4.99 Å². The van der Waals surface area contributed by atoms with Gasteiger partial charge in [0.2, 0.25) is 11.8 Å². The normalized spacial score (nSPS) is 15.7. The van der Waals surface area contributed by atoms with Crippen molar-refractivity contribution in [1.82, 2.24) is 29.5 Å². The van der Waals surface area contributed by atoms with Gasteiger partial charge in [-0.3, -0.25) is 4.98 Å². The summed E-state index contributed by atoms with van der Waals surface area (Å²) in [6.07, 6.45) is 4.96. The standard InChI is InChI=1S/C21H18FN9O2/c1-10(14-5-2-11(8-23)6-15(14)22)25-19-28-17-12(7-16-18(32)29-21(33)27-16)9-24-31(17)20(30-19)26-13-3-4-13/h2,5-7,9-10,13,32H,3-4H2,1H3,(H,25,26,30)(H2,27,29,33)/b12-7-/t10-/m1/s1. The van der Waals surface area contributed by atoms with Crippen LogP contribution in [0.4, 0.5) is 10.3 Å². The van der Waals surface area contributed by atoms with Crippen LogP contribution in [0.25, 0.3) is 11.7 Å². The summed E-state index contributed by atoms with van der Waals surface area (Å²) in [6, 6.07) is 5.83. The number of anilines is 1. The third-order valence-electron chi connectivity index (χ3n) is 5.20.